The third kappa shape index (κ3) is 1.32. The Kier molecular flexibility index (Phi) is 2.43. The Labute approximate surface area is 75.1 Å². The number of methoxy groups -OCH3 is 1. The van der Waals surface area contributed by atoms with Gasteiger partial charge in [0, 0.05) is 11.3 Å². The van der Waals surface area contributed by atoms with Crippen molar-refractivity contribution in [1.82, 2.24) is 0 Å². The zero-order valence-corrected chi connectivity index (χ0v) is 7.57. The smallest absolute Gasteiger partial charge is 0.173 e. The van der Waals surface area contributed by atoms with Crippen molar-refractivity contribution in [2.45, 2.75) is 6.92 Å². The summed E-state index contributed by atoms with van der Waals surface area (Å²) in [6.45, 7) is 1.57. The second-order valence-electron chi connectivity index (χ2n) is 2.42. The molecule has 0 aromatic heterocycles. The molecule has 0 bridgehead atoms. The molecule has 2 nitrogen and oxygen atoms in total. The lowest BCUT2D eigenvalue weighted by atomic mass is 10.2. The molecule has 0 saturated carbocycles. The molecule has 0 aliphatic heterocycles. The maximum Gasteiger partial charge on any atom is 0.173 e. The molecule has 0 atom stereocenters. The molecule has 2 N–H and O–H groups in total. The SMILES string of the molecule is COc1c(Cl)cc(N)c(C)c1F. The van der Waals surface area contributed by atoms with Crippen LogP contribution in [0.15, 0.2) is 6.07 Å². The van der Waals surface area contributed by atoms with Crippen molar-refractivity contribution < 1.29 is 9.13 Å². The van der Waals surface area contributed by atoms with E-state index in [1.165, 1.54) is 13.2 Å². The first kappa shape index (κ1) is 9.13. The number of ether oxygens (including phenoxy) is 1. The summed E-state index contributed by atoms with van der Waals surface area (Å²) in [5, 5.41) is 0.193. The molecule has 0 aliphatic carbocycles. The van der Waals surface area contributed by atoms with Gasteiger partial charge in [0.25, 0.3) is 0 Å². The summed E-state index contributed by atoms with van der Waals surface area (Å²) in [5.74, 6) is -0.453. The van der Waals surface area contributed by atoms with Crippen molar-refractivity contribution in [1.29, 1.82) is 0 Å². The predicted octanol–water partition coefficient (Wildman–Crippen LogP) is 2.38. The van der Waals surface area contributed by atoms with E-state index in [1.807, 2.05) is 0 Å². The highest BCUT2D eigenvalue weighted by atomic mass is 35.5. The third-order valence-corrected chi connectivity index (χ3v) is 1.95. The van der Waals surface area contributed by atoms with Crippen molar-refractivity contribution in [3.05, 3.63) is 22.5 Å². The fourth-order valence-corrected chi connectivity index (χ4v) is 1.18. The number of nitrogens with two attached hydrogens (primary N) is 1. The standard InChI is InChI=1S/C8H9ClFNO/c1-4-6(11)3-5(9)8(12-2)7(4)10/h3H,11H2,1-2H3. The van der Waals surface area contributed by atoms with Gasteiger partial charge in [0.05, 0.1) is 12.1 Å². The van der Waals surface area contributed by atoms with E-state index < -0.39 is 5.82 Å². The maximum absolute atomic E-state index is 13.2. The fraction of sp³-hybridized carbons (Fsp3) is 0.250. The van der Waals surface area contributed by atoms with Crippen LogP contribution in [0.25, 0.3) is 0 Å². The Morgan fingerprint density at radius 3 is 2.67 bits per heavy atom. The summed E-state index contributed by atoms with van der Waals surface area (Å²) in [6.07, 6.45) is 0. The molecule has 0 amide bonds. The lowest BCUT2D eigenvalue weighted by molar-refractivity contribution is 0.385. The lowest BCUT2D eigenvalue weighted by Crippen LogP contribution is -1.97. The van der Waals surface area contributed by atoms with Crippen LogP contribution < -0.4 is 10.5 Å². The number of nitrogen functional groups attached to an aromatic ring is 1. The fourth-order valence-electron chi connectivity index (χ4n) is 0.899. The lowest BCUT2D eigenvalue weighted by Gasteiger charge is -2.08. The Morgan fingerprint density at radius 2 is 2.17 bits per heavy atom. The van der Waals surface area contributed by atoms with Crippen LogP contribution in [0, 0.1) is 12.7 Å². The molecule has 1 rings (SSSR count). The Morgan fingerprint density at radius 1 is 1.58 bits per heavy atom. The van der Waals surface area contributed by atoms with Crippen LogP contribution in [0.2, 0.25) is 5.02 Å². The topological polar surface area (TPSA) is 35.2 Å². The van der Waals surface area contributed by atoms with Crippen LogP contribution in [0.3, 0.4) is 0 Å². The molecule has 1 aromatic carbocycles. The number of benzene rings is 1. The van der Waals surface area contributed by atoms with Crippen LogP contribution in [0.5, 0.6) is 5.75 Å². The second-order valence-corrected chi connectivity index (χ2v) is 2.83. The summed E-state index contributed by atoms with van der Waals surface area (Å²) in [6, 6.07) is 1.47. The number of rotatable bonds is 1. The van der Waals surface area contributed by atoms with E-state index in [0.717, 1.165) is 0 Å². The molecule has 0 heterocycles. The van der Waals surface area contributed by atoms with Gasteiger partial charge in [0.15, 0.2) is 11.6 Å². The van der Waals surface area contributed by atoms with E-state index in [1.54, 1.807) is 6.92 Å². The van der Waals surface area contributed by atoms with E-state index in [2.05, 4.69) is 0 Å². The van der Waals surface area contributed by atoms with Crippen molar-refractivity contribution in [2.24, 2.45) is 0 Å². The molecule has 12 heavy (non-hydrogen) atoms. The van der Waals surface area contributed by atoms with Crippen molar-refractivity contribution in [3.8, 4) is 5.75 Å². The van der Waals surface area contributed by atoms with Crippen LogP contribution >= 0.6 is 11.6 Å². The summed E-state index contributed by atoms with van der Waals surface area (Å²) in [5.41, 5.74) is 6.15. The van der Waals surface area contributed by atoms with Gasteiger partial charge in [-0.1, -0.05) is 11.6 Å². The van der Waals surface area contributed by atoms with Gasteiger partial charge >= 0.3 is 0 Å². The maximum atomic E-state index is 13.2. The Bertz CT molecular complexity index is 314. The minimum atomic E-state index is -0.498. The molecule has 0 fully saturated rings. The Hall–Kier alpha value is -0.960. The first-order chi connectivity index (χ1) is 5.57. The first-order valence-corrected chi connectivity index (χ1v) is 3.73. The number of anilines is 1. The molecule has 66 valence electrons. The van der Waals surface area contributed by atoms with Crippen molar-refractivity contribution in [3.63, 3.8) is 0 Å². The molecule has 0 radical (unpaired) electrons. The van der Waals surface area contributed by atoms with Crippen LogP contribution in [-0.2, 0) is 0 Å². The van der Waals surface area contributed by atoms with Crippen LogP contribution in [-0.4, -0.2) is 7.11 Å². The number of halogens is 2. The normalized spacial score (nSPS) is 10.0. The van der Waals surface area contributed by atoms with Crippen LogP contribution in [0.4, 0.5) is 10.1 Å². The van der Waals surface area contributed by atoms with Gasteiger partial charge in [0.1, 0.15) is 0 Å². The number of hydrogen-bond donors (Lipinski definition) is 1. The van der Waals surface area contributed by atoms with Gasteiger partial charge in [-0.15, -0.1) is 0 Å². The van der Waals surface area contributed by atoms with Gasteiger partial charge in [-0.3, -0.25) is 0 Å². The molecule has 0 unspecified atom stereocenters. The van der Waals surface area contributed by atoms with E-state index >= 15 is 0 Å². The van der Waals surface area contributed by atoms with Gasteiger partial charge < -0.3 is 10.5 Å². The van der Waals surface area contributed by atoms with Gasteiger partial charge in [0.2, 0.25) is 0 Å². The predicted molar refractivity (Wildman–Crippen MR) is 47.1 cm³/mol. The monoisotopic (exact) mass is 189 g/mol. The third-order valence-electron chi connectivity index (χ3n) is 1.66. The quantitative estimate of drug-likeness (QED) is 0.689. The summed E-state index contributed by atoms with van der Waals surface area (Å²) < 4.78 is 18.0. The first-order valence-electron chi connectivity index (χ1n) is 3.36. The molecule has 4 heteroatoms. The summed E-state index contributed by atoms with van der Waals surface area (Å²) in [7, 11) is 1.36. The average Bonchev–Trinajstić information content (AvgIpc) is 2.01. The minimum absolute atomic E-state index is 0.0448. The molecule has 0 saturated heterocycles. The van der Waals surface area contributed by atoms with Crippen molar-refractivity contribution in [2.75, 3.05) is 12.8 Å². The molecular weight excluding hydrogens is 181 g/mol. The highest BCUT2D eigenvalue weighted by Gasteiger charge is 2.12. The molecule has 1 aromatic rings. The van der Waals surface area contributed by atoms with E-state index in [4.69, 9.17) is 22.1 Å². The molecule has 0 spiro atoms. The summed E-state index contributed by atoms with van der Waals surface area (Å²) in [4.78, 5) is 0. The van der Waals surface area contributed by atoms with Gasteiger partial charge in [-0.2, -0.15) is 0 Å². The zero-order valence-electron chi connectivity index (χ0n) is 6.82. The van der Waals surface area contributed by atoms with Crippen molar-refractivity contribution >= 4 is 17.3 Å². The van der Waals surface area contributed by atoms with Crippen LogP contribution in [0.1, 0.15) is 5.56 Å². The minimum Gasteiger partial charge on any atom is -0.492 e. The molecular formula is C8H9ClFNO. The molecule has 0 aliphatic rings. The van der Waals surface area contributed by atoms with Gasteiger partial charge in [-0.25, -0.2) is 4.39 Å². The van der Waals surface area contributed by atoms with E-state index in [9.17, 15) is 4.39 Å². The largest absolute Gasteiger partial charge is 0.492 e. The highest BCUT2D eigenvalue weighted by Crippen LogP contribution is 2.32. The zero-order chi connectivity index (χ0) is 9.30. The Balaban J connectivity index is 3.40. The second kappa shape index (κ2) is 3.19. The highest BCUT2D eigenvalue weighted by molar-refractivity contribution is 6.32. The van der Waals surface area contributed by atoms with E-state index in [0.29, 0.717) is 11.3 Å². The van der Waals surface area contributed by atoms with Gasteiger partial charge in [-0.05, 0) is 13.0 Å². The summed E-state index contributed by atoms with van der Waals surface area (Å²) >= 11 is 5.66. The average molecular weight is 190 g/mol. The number of hydrogen-bond acceptors (Lipinski definition) is 2. The van der Waals surface area contributed by atoms with E-state index in [-0.39, 0.29) is 10.8 Å².